The van der Waals surface area contributed by atoms with Crippen LogP contribution in [0.1, 0.15) is 5.56 Å². The highest BCUT2D eigenvalue weighted by Gasteiger charge is 2.03. The van der Waals surface area contributed by atoms with Crippen LogP contribution in [-0.4, -0.2) is 6.54 Å². The maximum absolute atomic E-state index is 2.25. The summed E-state index contributed by atoms with van der Waals surface area (Å²) in [5.41, 5.74) is 2.71. The van der Waals surface area contributed by atoms with E-state index in [-0.39, 0.29) is 24.0 Å². The van der Waals surface area contributed by atoms with Gasteiger partial charge in [-0.2, -0.15) is 0 Å². The minimum absolute atomic E-state index is 0. The van der Waals surface area contributed by atoms with Gasteiger partial charge >= 0.3 is 0 Å². The van der Waals surface area contributed by atoms with E-state index in [1.54, 1.807) is 0 Å². The van der Waals surface area contributed by atoms with Crippen LogP contribution in [0, 0.1) is 0 Å². The van der Waals surface area contributed by atoms with Crippen LogP contribution in [0.25, 0.3) is 6.08 Å². The highest BCUT2D eigenvalue weighted by molar-refractivity contribution is 5.61. The van der Waals surface area contributed by atoms with Crippen LogP contribution >= 0.6 is 0 Å². The lowest BCUT2D eigenvalue weighted by molar-refractivity contribution is -0.562. The summed E-state index contributed by atoms with van der Waals surface area (Å²) in [5.74, 6) is 0. The number of quaternary nitrogens is 1. The van der Waals surface area contributed by atoms with Crippen molar-refractivity contribution < 1.29 is 29.3 Å². The zero-order chi connectivity index (χ0) is 6.81. The second-order valence-corrected chi connectivity index (χ2v) is 2.47. The molecule has 0 aliphatic carbocycles. The average Bonchev–Trinajstić information content (AvgIpc) is 2.05. The summed E-state index contributed by atoms with van der Waals surface area (Å²) in [6.45, 7) is 1.08. The number of hydrogen-bond acceptors (Lipinski definition) is 0. The van der Waals surface area contributed by atoms with E-state index in [4.69, 9.17) is 0 Å². The molecule has 0 radical (unpaired) electrons. The fraction of sp³-hybridized carbons (Fsp3) is 0.111. The lowest BCUT2D eigenvalue weighted by atomic mass is 10.1. The third-order valence-corrected chi connectivity index (χ3v) is 1.77. The van der Waals surface area contributed by atoms with E-state index >= 15 is 0 Å². The molecule has 0 atom stereocenters. The SMILES string of the molecule is C1=Cc2ccccc2[NH2+]C1.[I-]. The standard InChI is InChI=1S/C9H9N.HI/c1-2-6-9-8(4-1)5-3-7-10-9;/h1-6,10H,7H2;1H. The molecule has 1 aliphatic heterocycles. The van der Waals surface area contributed by atoms with E-state index < -0.39 is 0 Å². The van der Waals surface area contributed by atoms with Crippen LogP contribution in [0.2, 0.25) is 0 Å². The van der Waals surface area contributed by atoms with Crippen molar-refractivity contribution in [1.82, 2.24) is 0 Å². The van der Waals surface area contributed by atoms with Crippen molar-refractivity contribution in [3.63, 3.8) is 0 Å². The molecule has 0 spiro atoms. The fourth-order valence-corrected chi connectivity index (χ4v) is 1.24. The first kappa shape index (κ1) is 8.74. The Hall–Kier alpha value is -0.350. The highest BCUT2D eigenvalue weighted by Crippen LogP contribution is 2.12. The Morgan fingerprint density at radius 2 is 2.00 bits per heavy atom. The molecule has 1 heterocycles. The molecule has 0 amide bonds. The topological polar surface area (TPSA) is 16.6 Å². The van der Waals surface area contributed by atoms with E-state index in [1.165, 1.54) is 11.3 Å². The molecule has 0 fully saturated rings. The van der Waals surface area contributed by atoms with Crippen molar-refractivity contribution in [3.8, 4) is 0 Å². The molecule has 2 heteroatoms. The summed E-state index contributed by atoms with van der Waals surface area (Å²) < 4.78 is 0. The fourth-order valence-electron chi connectivity index (χ4n) is 1.24. The lowest BCUT2D eigenvalue weighted by Gasteiger charge is -2.05. The van der Waals surface area contributed by atoms with E-state index in [1.807, 2.05) is 0 Å². The Kier molecular flexibility index (Phi) is 3.08. The number of halogens is 1. The molecule has 11 heavy (non-hydrogen) atoms. The van der Waals surface area contributed by atoms with Gasteiger partial charge in [0.15, 0.2) is 0 Å². The molecule has 0 bridgehead atoms. The molecule has 58 valence electrons. The van der Waals surface area contributed by atoms with Gasteiger partial charge in [-0.1, -0.05) is 12.1 Å². The van der Waals surface area contributed by atoms with E-state index in [0.29, 0.717) is 0 Å². The van der Waals surface area contributed by atoms with Crippen LogP contribution in [0.3, 0.4) is 0 Å². The van der Waals surface area contributed by atoms with Crippen molar-refractivity contribution in [2.75, 3.05) is 6.54 Å². The molecule has 2 rings (SSSR count). The number of fused-ring (bicyclic) bond motifs is 1. The predicted molar refractivity (Wildman–Crippen MR) is 41.9 cm³/mol. The summed E-state index contributed by atoms with van der Waals surface area (Å²) in [5, 5.41) is 2.25. The summed E-state index contributed by atoms with van der Waals surface area (Å²) in [7, 11) is 0. The third-order valence-electron chi connectivity index (χ3n) is 1.77. The van der Waals surface area contributed by atoms with Gasteiger partial charge in [-0.15, -0.1) is 0 Å². The summed E-state index contributed by atoms with van der Waals surface area (Å²) in [4.78, 5) is 0. The molecular weight excluding hydrogens is 249 g/mol. The number of para-hydroxylation sites is 1. The van der Waals surface area contributed by atoms with Crippen molar-refractivity contribution >= 4 is 11.8 Å². The Morgan fingerprint density at radius 1 is 1.18 bits per heavy atom. The van der Waals surface area contributed by atoms with Crippen LogP contribution in [0.15, 0.2) is 30.3 Å². The monoisotopic (exact) mass is 259 g/mol. The summed E-state index contributed by atoms with van der Waals surface area (Å²) in [6.07, 6.45) is 4.36. The zero-order valence-corrected chi connectivity index (χ0v) is 8.28. The number of hydrogen-bond donors (Lipinski definition) is 1. The van der Waals surface area contributed by atoms with Gasteiger partial charge < -0.3 is 29.3 Å². The van der Waals surface area contributed by atoms with Crippen LogP contribution < -0.4 is 29.3 Å². The predicted octanol–water partition coefficient (Wildman–Crippen LogP) is -2.09. The summed E-state index contributed by atoms with van der Waals surface area (Å²) in [6, 6.07) is 8.44. The average molecular weight is 259 g/mol. The van der Waals surface area contributed by atoms with Gasteiger partial charge in [0.2, 0.25) is 0 Å². The summed E-state index contributed by atoms with van der Waals surface area (Å²) >= 11 is 0. The Morgan fingerprint density at radius 3 is 2.82 bits per heavy atom. The number of nitrogens with two attached hydrogens (primary N) is 1. The van der Waals surface area contributed by atoms with Crippen molar-refractivity contribution in [2.45, 2.75) is 0 Å². The molecule has 0 saturated heterocycles. The normalized spacial score (nSPS) is 13.5. The Labute approximate surface area is 83.5 Å². The van der Waals surface area contributed by atoms with Crippen molar-refractivity contribution in [1.29, 1.82) is 0 Å². The maximum Gasteiger partial charge on any atom is 0.137 e. The van der Waals surface area contributed by atoms with Gasteiger partial charge in [0, 0.05) is 5.56 Å². The van der Waals surface area contributed by atoms with E-state index in [2.05, 4.69) is 41.7 Å². The first-order valence-electron chi connectivity index (χ1n) is 3.55. The lowest BCUT2D eigenvalue weighted by Crippen LogP contribution is -3.00. The Balaban J connectivity index is 0.000000605. The van der Waals surface area contributed by atoms with Gasteiger partial charge in [0.25, 0.3) is 0 Å². The molecule has 0 saturated carbocycles. The Bertz CT molecular complexity index is 268. The minimum Gasteiger partial charge on any atom is -1.00 e. The molecular formula is C9H10IN. The first-order valence-corrected chi connectivity index (χ1v) is 3.55. The van der Waals surface area contributed by atoms with E-state index in [9.17, 15) is 0 Å². The van der Waals surface area contributed by atoms with Gasteiger partial charge in [-0.25, -0.2) is 0 Å². The van der Waals surface area contributed by atoms with Crippen LogP contribution in [0.4, 0.5) is 5.69 Å². The van der Waals surface area contributed by atoms with Gasteiger partial charge in [0.05, 0.1) is 6.54 Å². The molecule has 0 aromatic heterocycles. The maximum atomic E-state index is 2.25. The number of rotatable bonds is 0. The molecule has 0 unspecified atom stereocenters. The van der Waals surface area contributed by atoms with Gasteiger partial charge in [0.1, 0.15) is 5.69 Å². The molecule has 1 aromatic carbocycles. The molecule has 1 aromatic rings. The third kappa shape index (κ3) is 1.81. The van der Waals surface area contributed by atoms with E-state index in [0.717, 1.165) is 6.54 Å². The molecule has 1 aliphatic rings. The second kappa shape index (κ2) is 3.88. The van der Waals surface area contributed by atoms with Crippen molar-refractivity contribution in [2.24, 2.45) is 0 Å². The highest BCUT2D eigenvalue weighted by atomic mass is 127. The zero-order valence-electron chi connectivity index (χ0n) is 6.13. The van der Waals surface area contributed by atoms with Gasteiger partial charge in [-0.05, 0) is 24.3 Å². The van der Waals surface area contributed by atoms with Crippen LogP contribution in [-0.2, 0) is 0 Å². The second-order valence-electron chi connectivity index (χ2n) is 2.47. The molecule has 1 nitrogen and oxygen atoms in total. The quantitative estimate of drug-likeness (QED) is 0.406. The van der Waals surface area contributed by atoms with Crippen LogP contribution in [0.5, 0.6) is 0 Å². The smallest absolute Gasteiger partial charge is 0.137 e. The van der Waals surface area contributed by atoms with Crippen molar-refractivity contribution in [3.05, 3.63) is 35.9 Å². The first-order chi connectivity index (χ1) is 4.97. The minimum atomic E-state index is 0. The van der Waals surface area contributed by atoms with Gasteiger partial charge in [-0.3, -0.25) is 0 Å². The molecule has 2 N–H and O–H groups in total. The largest absolute Gasteiger partial charge is 1.00 e. The number of benzene rings is 1.